The molecule has 6 heteroatoms. The second kappa shape index (κ2) is 4.90. The van der Waals surface area contributed by atoms with Gasteiger partial charge in [0.2, 0.25) is 6.79 Å². The fourth-order valence-corrected chi connectivity index (χ4v) is 1.85. The normalized spacial score (nSPS) is 14.9. The molecule has 0 aromatic heterocycles. The summed E-state index contributed by atoms with van der Waals surface area (Å²) < 4.78 is 11.4. The Hall–Kier alpha value is -0.980. The van der Waals surface area contributed by atoms with E-state index >= 15 is 0 Å². The molecule has 2 rings (SSSR count). The van der Waals surface area contributed by atoms with Crippen LogP contribution in [0.1, 0.15) is 0 Å². The third kappa shape index (κ3) is 2.23. The van der Waals surface area contributed by atoms with E-state index in [9.17, 15) is 5.11 Å². The van der Waals surface area contributed by atoms with Crippen LogP contribution in [0, 0.1) is 0 Å². The lowest BCUT2D eigenvalue weighted by Gasteiger charge is -2.13. The number of anilines is 1. The Morgan fingerprint density at radius 3 is 3.00 bits per heavy atom. The monoisotopic (exact) mass is 289 g/mol. The number of nitrogens with one attached hydrogen (secondary N) is 1. The average Bonchev–Trinajstić information content (AvgIpc) is 2.75. The smallest absolute Gasteiger partial charge is 0.231 e. The van der Waals surface area contributed by atoms with Crippen molar-refractivity contribution in [3.05, 3.63) is 16.6 Å². The molecule has 88 valence electrons. The van der Waals surface area contributed by atoms with Crippen LogP contribution in [0.5, 0.6) is 11.5 Å². The highest BCUT2D eigenvalue weighted by Crippen LogP contribution is 2.43. The second-order valence-electron chi connectivity index (χ2n) is 3.37. The van der Waals surface area contributed by atoms with Gasteiger partial charge >= 0.3 is 0 Å². The Morgan fingerprint density at radius 2 is 2.25 bits per heavy atom. The molecule has 0 aliphatic carbocycles. The first-order valence-electron chi connectivity index (χ1n) is 4.83. The summed E-state index contributed by atoms with van der Waals surface area (Å²) >= 11 is 3.38. The van der Waals surface area contributed by atoms with Crippen LogP contribution >= 0.6 is 15.9 Å². The molecule has 1 aliphatic rings. The first kappa shape index (κ1) is 11.5. The number of aliphatic hydroxyl groups excluding tert-OH is 2. The molecule has 5 nitrogen and oxygen atoms in total. The molecule has 0 amide bonds. The van der Waals surface area contributed by atoms with E-state index in [2.05, 4.69) is 21.2 Å². The van der Waals surface area contributed by atoms with E-state index in [-0.39, 0.29) is 19.9 Å². The van der Waals surface area contributed by atoms with Gasteiger partial charge in [-0.1, -0.05) is 0 Å². The van der Waals surface area contributed by atoms with Crippen molar-refractivity contribution in [2.24, 2.45) is 0 Å². The maximum Gasteiger partial charge on any atom is 0.231 e. The van der Waals surface area contributed by atoms with Crippen molar-refractivity contribution < 1.29 is 19.7 Å². The second-order valence-corrected chi connectivity index (χ2v) is 4.23. The third-order valence-electron chi connectivity index (χ3n) is 2.21. The molecule has 0 saturated carbocycles. The molecular weight excluding hydrogens is 278 g/mol. The highest BCUT2D eigenvalue weighted by atomic mass is 79.9. The average molecular weight is 290 g/mol. The topological polar surface area (TPSA) is 71.0 Å². The lowest BCUT2D eigenvalue weighted by Crippen LogP contribution is -2.23. The molecular formula is C10H12BrNO4. The van der Waals surface area contributed by atoms with Crippen LogP contribution in [-0.4, -0.2) is 36.3 Å². The number of hydrogen-bond donors (Lipinski definition) is 3. The molecule has 0 saturated heterocycles. The van der Waals surface area contributed by atoms with Gasteiger partial charge in [0.1, 0.15) is 0 Å². The Kier molecular flexibility index (Phi) is 3.52. The van der Waals surface area contributed by atoms with Crippen molar-refractivity contribution in [3.63, 3.8) is 0 Å². The molecule has 1 unspecified atom stereocenters. The van der Waals surface area contributed by atoms with E-state index in [1.165, 1.54) is 0 Å². The molecule has 16 heavy (non-hydrogen) atoms. The number of benzene rings is 1. The highest BCUT2D eigenvalue weighted by molar-refractivity contribution is 9.10. The molecule has 0 bridgehead atoms. The summed E-state index contributed by atoms with van der Waals surface area (Å²) in [5, 5.41) is 21.0. The number of halogens is 1. The van der Waals surface area contributed by atoms with Crippen molar-refractivity contribution in [1.29, 1.82) is 0 Å². The van der Waals surface area contributed by atoms with Gasteiger partial charge < -0.3 is 25.0 Å². The highest BCUT2D eigenvalue weighted by Gasteiger charge is 2.20. The lowest BCUT2D eigenvalue weighted by atomic mass is 10.2. The molecule has 0 fully saturated rings. The van der Waals surface area contributed by atoms with Gasteiger partial charge in [-0.3, -0.25) is 0 Å². The van der Waals surface area contributed by atoms with E-state index in [1.807, 2.05) is 6.07 Å². The molecule has 1 atom stereocenters. The van der Waals surface area contributed by atoms with Gasteiger partial charge in [-0.15, -0.1) is 0 Å². The van der Waals surface area contributed by atoms with Crippen LogP contribution in [0.25, 0.3) is 0 Å². The van der Waals surface area contributed by atoms with Crippen LogP contribution in [0.15, 0.2) is 16.6 Å². The summed E-state index contributed by atoms with van der Waals surface area (Å²) in [6.45, 7) is 0.162. The summed E-state index contributed by atoms with van der Waals surface area (Å²) in [5.74, 6) is 1.30. The zero-order valence-electron chi connectivity index (χ0n) is 8.44. The van der Waals surface area contributed by atoms with Crippen molar-refractivity contribution in [2.75, 3.05) is 25.3 Å². The Morgan fingerprint density at radius 1 is 1.44 bits per heavy atom. The van der Waals surface area contributed by atoms with E-state index in [1.54, 1.807) is 6.07 Å². The van der Waals surface area contributed by atoms with Crippen LogP contribution < -0.4 is 14.8 Å². The molecule has 1 heterocycles. The van der Waals surface area contributed by atoms with Crippen molar-refractivity contribution in [3.8, 4) is 11.5 Å². The Balaban J connectivity index is 2.16. The van der Waals surface area contributed by atoms with E-state index in [4.69, 9.17) is 14.6 Å². The van der Waals surface area contributed by atoms with Crippen LogP contribution in [-0.2, 0) is 0 Å². The van der Waals surface area contributed by atoms with Crippen LogP contribution in [0.2, 0.25) is 0 Å². The third-order valence-corrected chi connectivity index (χ3v) is 2.87. The predicted octanol–water partition coefficient (Wildman–Crippen LogP) is 0.943. The zero-order valence-corrected chi connectivity index (χ0v) is 10.0. The van der Waals surface area contributed by atoms with Crippen molar-refractivity contribution >= 4 is 21.6 Å². The van der Waals surface area contributed by atoms with Gasteiger partial charge in [-0.25, -0.2) is 0 Å². The first-order chi connectivity index (χ1) is 7.72. The lowest BCUT2D eigenvalue weighted by molar-refractivity contribution is 0.105. The summed E-state index contributed by atoms with van der Waals surface area (Å²) in [5.41, 5.74) is 0.725. The van der Waals surface area contributed by atoms with E-state index in [0.29, 0.717) is 11.5 Å². The number of aliphatic hydroxyl groups is 2. The first-order valence-corrected chi connectivity index (χ1v) is 5.62. The molecule has 0 spiro atoms. The van der Waals surface area contributed by atoms with Crippen molar-refractivity contribution in [2.45, 2.75) is 6.10 Å². The predicted molar refractivity (Wildman–Crippen MR) is 61.8 cm³/mol. The van der Waals surface area contributed by atoms with Crippen molar-refractivity contribution in [1.82, 2.24) is 0 Å². The van der Waals surface area contributed by atoms with Gasteiger partial charge in [0, 0.05) is 11.0 Å². The maximum atomic E-state index is 9.26. The molecule has 0 radical (unpaired) electrons. The molecule has 1 aromatic carbocycles. The van der Waals surface area contributed by atoms with E-state index in [0.717, 1.165) is 10.2 Å². The summed E-state index contributed by atoms with van der Waals surface area (Å²) in [7, 11) is 0. The Bertz CT molecular complexity index is 385. The Labute approximate surface area is 101 Å². The molecule has 1 aliphatic heterocycles. The minimum atomic E-state index is -0.801. The largest absolute Gasteiger partial charge is 0.454 e. The van der Waals surface area contributed by atoms with Crippen LogP contribution in [0.4, 0.5) is 5.69 Å². The fraction of sp³-hybridized carbons (Fsp3) is 0.400. The summed E-state index contributed by atoms with van der Waals surface area (Å²) in [6, 6.07) is 3.64. The standard InChI is InChI=1S/C10H12BrNO4/c11-7-1-2-8-10(16-5-15-8)9(7)12-3-6(14)4-13/h1-2,6,12-14H,3-5H2. The maximum absolute atomic E-state index is 9.26. The number of hydrogen-bond acceptors (Lipinski definition) is 5. The minimum Gasteiger partial charge on any atom is -0.454 e. The quantitative estimate of drug-likeness (QED) is 0.770. The van der Waals surface area contributed by atoms with Crippen LogP contribution in [0.3, 0.4) is 0 Å². The molecule has 3 N–H and O–H groups in total. The van der Waals surface area contributed by atoms with Gasteiger partial charge in [0.05, 0.1) is 18.4 Å². The van der Waals surface area contributed by atoms with E-state index < -0.39 is 6.10 Å². The van der Waals surface area contributed by atoms with Gasteiger partial charge in [-0.2, -0.15) is 0 Å². The fourth-order valence-electron chi connectivity index (χ4n) is 1.40. The minimum absolute atomic E-state index is 0.197. The number of fused-ring (bicyclic) bond motifs is 1. The molecule has 1 aromatic rings. The SMILES string of the molecule is OCC(O)CNc1c(Br)ccc2c1OCO2. The summed E-state index contributed by atoms with van der Waals surface area (Å²) in [4.78, 5) is 0. The summed E-state index contributed by atoms with van der Waals surface area (Å²) in [6.07, 6.45) is -0.801. The number of ether oxygens (including phenoxy) is 2. The van der Waals surface area contributed by atoms with Gasteiger partial charge in [0.25, 0.3) is 0 Å². The number of rotatable bonds is 4. The zero-order chi connectivity index (χ0) is 11.5. The van der Waals surface area contributed by atoms with Gasteiger partial charge in [-0.05, 0) is 28.1 Å². The van der Waals surface area contributed by atoms with Gasteiger partial charge in [0.15, 0.2) is 11.5 Å².